The first-order chi connectivity index (χ1) is 12.4. The molecule has 8 nitrogen and oxygen atoms in total. The van der Waals surface area contributed by atoms with Crippen molar-refractivity contribution in [1.82, 2.24) is 4.31 Å². The number of rotatable bonds is 7. The molecule has 0 bridgehead atoms. The minimum absolute atomic E-state index is 0.125. The number of hydrogen-bond donors (Lipinski definition) is 1. The normalized spacial score (nSPS) is 23.1. The van der Waals surface area contributed by atoms with E-state index in [-0.39, 0.29) is 29.4 Å². The summed E-state index contributed by atoms with van der Waals surface area (Å²) in [5.41, 5.74) is 3.83. The summed E-state index contributed by atoms with van der Waals surface area (Å²) in [6.07, 6.45) is 6.14. The molecule has 0 saturated heterocycles. The van der Waals surface area contributed by atoms with Gasteiger partial charge in [-0.25, -0.2) is 8.42 Å². The van der Waals surface area contributed by atoms with Crippen LogP contribution in [0.4, 0.5) is 11.4 Å². The monoisotopic (exact) mass is 378 g/mol. The second-order valence-electron chi connectivity index (χ2n) is 6.38. The molecule has 2 aliphatic carbocycles. The summed E-state index contributed by atoms with van der Waals surface area (Å²) < 4.78 is 27.1. The number of benzene rings is 1. The largest absolute Gasteiger partial charge is 0.277 e. The predicted molar refractivity (Wildman–Crippen MR) is 99.6 cm³/mol. The third-order valence-electron chi connectivity index (χ3n) is 4.98. The van der Waals surface area contributed by atoms with Gasteiger partial charge in [0.1, 0.15) is 4.90 Å². The van der Waals surface area contributed by atoms with Crippen LogP contribution in [0.15, 0.2) is 40.3 Å². The molecular formula is C17H22N4O4S. The Labute approximate surface area is 152 Å². The van der Waals surface area contributed by atoms with E-state index in [2.05, 4.69) is 22.7 Å². The zero-order valence-corrected chi connectivity index (χ0v) is 15.6. The van der Waals surface area contributed by atoms with E-state index in [0.29, 0.717) is 11.8 Å². The Hall–Kier alpha value is -2.26. The van der Waals surface area contributed by atoms with Crippen molar-refractivity contribution in [3.05, 3.63) is 40.5 Å². The van der Waals surface area contributed by atoms with Gasteiger partial charge in [0.2, 0.25) is 10.0 Å². The molecule has 0 radical (unpaired) electrons. The molecule has 0 aliphatic heterocycles. The van der Waals surface area contributed by atoms with Gasteiger partial charge < -0.3 is 0 Å². The molecule has 0 aromatic heterocycles. The number of anilines is 1. The number of sulfonamides is 1. The van der Waals surface area contributed by atoms with Crippen LogP contribution in [0.5, 0.6) is 0 Å². The molecule has 2 aliphatic rings. The van der Waals surface area contributed by atoms with E-state index in [9.17, 15) is 18.5 Å². The number of fused-ring (bicyclic) bond motifs is 1. The summed E-state index contributed by atoms with van der Waals surface area (Å²) in [5.74, 6) is 0.926. The van der Waals surface area contributed by atoms with Gasteiger partial charge in [-0.05, 0) is 24.8 Å². The van der Waals surface area contributed by atoms with E-state index < -0.39 is 14.9 Å². The molecule has 0 heterocycles. The number of non-ortho nitro benzene ring substituents is 1. The van der Waals surface area contributed by atoms with Crippen LogP contribution in [0, 0.1) is 22.0 Å². The maximum absolute atomic E-state index is 12.9. The van der Waals surface area contributed by atoms with Gasteiger partial charge in [0, 0.05) is 36.9 Å². The number of nitrogens with zero attached hydrogens (tertiary/aromatic N) is 3. The van der Waals surface area contributed by atoms with E-state index in [0.717, 1.165) is 24.6 Å². The fraction of sp³-hybridized carbons (Fsp3) is 0.471. The highest BCUT2D eigenvalue weighted by molar-refractivity contribution is 7.89. The van der Waals surface area contributed by atoms with Crippen LogP contribution in [0.1, 0.15) is 26.7 Å². The Morgan fingerprint density at radius 3 is 2.69 bits per heavy atom. The van der Waals surface area contributed by atoms with E-state index in [1.165, 1.54) is 16.4 Å². The van der Waals surface area contributed by atoms with Crippen molar-refractivity contribution in [2.24, 2.45) is 16.9 Å². The Kier molecular flexibility index (Phi) is 5.10. The van der Waals surface area contributed by atoms with Gasteiger partial charge >= 0.3 is 0 Å². The molecule has 0 unspecified atom stereocenters. The van der Waals surface area contributed by atoms with Crippen molar-refractivity contribution in [3.63, 3.8) is 0 Å². The molecular weight excluding hydrogens is 356 g/mol. The lowest BCUT2D eigenvalue weighted by Gasteiger charge is -2.32. The zero-order valence-electron chi connectivity index (χ0n) is 14.8. The molecule has 1 aromatic carbocycles. The number of allylic oxidation sites excluding steroid dienone is 2. The van der Waals surface area contributed by atoms with Crippen molar-refractivity contribution >= 4 is 27.1 Å². The first kappa shape index (κ1) is 18.5. The third-order valence-corrected chi connectivity index (χ3v) is 7.07. The average Bonchev–Trinajstić information content (AvgIpc) is 2.96. The quantitative estimate of drug-likeness (QED) is 0.446. The van der Waals surface area contributed by atoms with Crippen LogP contribution in [-0.2, 0) is 10.0 Å². The summed E-state index contributed by atoms with van der Waals surface area (Å²) in [4.78, 5) is 10.4. The highest BCUT2D eigenvalue weighted by Crippen LogP contribution is 2.40. The Balaban J connectivity index is 1.94. The summed E-state index contributed by atoms with van der Waals surface area (Å²) in [5, 5.41) is 15.5. The van der Waals surface area contributed by atoms with Crippen LogP contribution in [-0.4, -0.2) is 36.4 Å². The maximum Gasteiger partial charge on any atom is 0.270 e. The Morgan fingerprint density at radius 1 is 1.35 bits per heavy atom. The first-order valence-corrected chi connectivity index (χ1v) is 10.1. The fourth-order valence-corrected chi connectivity index (χ4v) is 5.05. The molecule has 1 aromatic rings. The number of hydrogen-bond acceptors (Lipinski definition) is 6. The van der Waals surface area contributed by atoms with Crippen molar-refractivity contribution < 1.29 is 13.3 Å². The van der Waals surface area contributed by atoms with Crippen molar-refractivity contribution in [1.29, 1.82) is 0 Å². The zero-order chi connectivity index (χ0) is 18.9. The highest BCUT2D eigenvalue weighted by atomic mass is 32.2. The molecule has 3 rings (SSSR count). The van der Waals surface area contributed by atoms with E-state index in [1.807, 2.05) is 0 Å². The highest BCUT2D eigenvalue weighted by Gasteiger charge is 2.38. The summed E-state index contributed by atoms with van der Waals surface area (Å²) in [6.45, 7) is 4.02. The smallest absolute Gasteiger partial charge is 0.270 e. The van der Waals surface area contributed by atoms with Gasteiger partial charge in [-0.15, -0.1) is 0 Å². The van der Waals surface area contributed by atoms with Crippen molar-refractivity contribution in [2.75, 3.05) is 18.5 Å². The van der Waals surface area contributed by atoms with Gasteiger partial charge in [0.25, 0.3) is 5.69 Å². The molecule has 140 valence electrons. The maximum atomic E-state index is 12.9. The van der Waals surface area contributed by atoms with E-state index in [1.54, 1.807) is 13.8 Å². The van der Waals surface area contributed by atoms with Crippen LogP contribution in [0.2, 0.25) is 0 Å². The second kappa shape index (κ2) is 7.16. The minimum atomic E-state index is -3.86. The summed E-state index contributed by atoms with van der Waals surface area (Å²) >= 11 is 0. The third kappa shape index (κ3) is 3.24. The number of nitro benzene ring substituents is 1. The number of hydrazone groups is 1. The lowest BCUT2D eigenvalue weighted by molar-refractivity contribution is -0.385. The molecule has 0 amide bonds. The van der Waals surface area contributed by atoms with Crippen LogP contribution in [0.25, 0.3) is 0 Å². The fourth-order valence-electron chi connectivity index (χ4n) is 3.43. The Bertz CT molecular complexity index is 875. The van der Waals surface area contributed by atoms with Crippen LogP contribution in [0.3, 0.4) is 0 Å². The predicted octanol–water partition coefficient (Wildman–Crippen LogP) is 2.99. The molecule has 9 heteroatoms. The molecule has 2 atom stereocenters. The number of nitrogens with one attached hydrogen (secondary N) is 1. The van der Waals surface area contributed by atoms with Crippen LogP contribution < -0.4 is 5.43 Å². The second-order valence-corrected chi connectivity index (χ2v) is 8.29. The molecule has 0 spiro atoms. The lowest BCUT2D eigenvalue weighted by atomic mass is 9.74. The SMILES string of the molecule is CCN(CC)S(=O)(=O)c1cc([N+](=O)[O-])ccc1N/N=C1\C[C@H]2C=CC[C@H]12. The average molecular weight is 378 g/mol. The topological polar surface area (TPSA) is 105 Å². The lowest BCUT2D eigenvalue weighted by Crippen LogP contribution is -2.34. The van der Waals surface area contributed by atoms with Gasteiger partial charge in [-0.3, -0.25) is 15.5 Å². The summed E-state index contributed by atoms with van der Waals surface area (Å²) in [6, 6.07) is 3.78. The van der Waals surface area contributed by atoms with E-state index in [4.69, 9.17) is 0 Å². The van der Waals surface area contributed by atoms with Crippen LogP contribution >= 0.6 is 0 Å². The molecule has 1 N–H and O–H groups in total. The standard InChI is InChI=1S/C17H22N4O4S/c1-3-20(4-2)26(24,25)17-11-13(21(22)23)8-9-15(17)18-19-16-10-12-6-5-7-14(12)16/h5-6,8-9,11-12,14,18H,3-4,7,10H2,1-2H3/b19-16+/t12-,14+/m1/s1. The first-order valence-electron chi connectivity index (χ1n) is 8.66. The molecule has 26 heavy (non-hydrogen) atoms. The van der Waals surface area contributed by atoms with Gasteiger partial charge in [-0.1, -0.05) is 26.0 Å². The minimum Gasteiger partial charge on any atom is -0.277 e. The van der Waals surface area contributed by atoms with E-state index >= 15 is 0 Å². The van der Waals surface area contributed by atoms with Gasteiger partial charge in [-0.2, -0.15) is 9.41 Å². The van der Waals surface area contributed by atoms with Gasteiger partial charge in [0.05, 0.1) is 10.6 Å². The van der Waals surface area contributed by atoms with Crippen molar-refractivity contribution in [2.45, 2.75) is 31.6 Å². The van der Waals surface area contributed by atoms with Crippen molar-refractivity contribution in [3.8, 4) is 0 Å². The molecule has 1 fully saturated rings. The number of nitro groups is 1. The Morgan fingerprint density at radius 2 is 2.08 bits per heavy atom. The summed E-state index contributed by atoms with van der Waals surface area (Å²) in [7, 11) is -3.86. The molecule has 1 saturated carbocycles. The van der Waals surface area contributed by atoms with Gasteiger partial charge in [0.15, 0.2) is 0 Å².